The third-order valence-corrected chi connectivity index (χ3v) is 8.85. The molecule has 0 bridgehead atoms. The quantitative estimate of drug-likeness (QED) is 0.245. The van der Waals surface area contributed by atoms with Crippen molar-refractivity contribution >= 4 is 29.7 Å². The molecule has 0 radical (unpaired) electrons. The van der Waals surface area contributed by atoms with E-state index in [4.69, 9.17) is 16.2 Å². The number of fused-ring (bicyclic) bond motifs is 1. The number of amides is 5. The zero-order chi connectivity index (χ0) is 34.0. The number of ether oxygens (including phenoxy) is 1. The maximum atomic E-state index is 13.8. The minimum absolute atomic E-state index is 0.0210. The van der Waals surface area contributed by atoms with Crippen LogP contribution < -0.4 is 22.1 Å². The van der Waals surface area contributed by atoms with E-state index >= 15 is 0 Å². The number of carbonyl (C=O) groups excluding carboxylic acids is 5. The lowest BCUT2D eigenvalue weighted by Crippen LogP contribution is -2.60. The van der Waals surface area contributed by atoms with Crippen molar-refractivity contribution in [2.75, 3.05) is 13.1 Å². The van der Waals surface area contributed by atoms with E-state index in [2.05, 4.69) is 10.6 Å². The minimum atomic E-state index is -1.09. The molecule has 2 fully saturated rings. The van der Waals surface area contributed by atoms with Crippen LogP contribution in [0.3, 0.4) is 0 Å². The monoisotopic (exact) mass is 654 g/mol. The molecule has 12 nitrogen and oxygen atoms in total. The molecule has 2 saturated heterocycles. The van der Waals surface area contributed by atoms with E-state index in [-0.39, 0.29) is 32.0 Å². The topological polar surface area (TPSA) is 177 Å². The van der Waals surface area contributed by atoms with Gasteiger partial charge in [-0.3, -0.25) is 19.2 Å². The van der Waals surface area contributed by atoms with E-state index in [0.717, 1.165) is 16.7 Å². The highest BCUT2D eigenvalue weighted by atomic mass is 16.6. The van der Waals surface area contributed by atoms with Gasteiger partial charge in [0.15, 0.2) is 0 Å². The molecule has 0 unspecified atom stereocenters. The van der Waals surface area contributed by atoms with Crippen LogP contribution in [0.25, 0.3) is 0 Å². The summed E-state index contributed by atoms with van der Waals surface area (Å²) in [5, 5.41) is 5.85. The molecule has 5 rings (SSSR count). The summed E-state index contributed by atoms with van der Waals surface area (Å²) in [4.78, 5) is 68.8. The third-order valence-electron chi connectivity index (χ3n) is 8.85. The number of nitrogens with zero attached hydrogens (tertiary/aromatic N) is 2. The number of carbonyl (C=O) groups is 5. The standard InChI is InChI=1S/C36H42N6O6/c37-28-22-41(36(47)48-23-24-10-4-1-5-11-24)21-20-27-16-18-30(42(27)35(28)46)34(45)39-29(17-19-31(38)43)33(44)40-32(25-12-6-2-7-13-25)26-14-8-3-9-15-26/h1-15,27-30,32H,16-23,37H2,(H2,38,43)(H,39,45)(H,40,44)/t27-,28+,29+,30+/m1/s1. The van der Waals surface area contributed by atoms with Crippen LogP contribution in [0.5, 0.6) is 0 Å². The fourth-order valence-electron chi connectivity index (χ4n) is 6.35. The largest absolute Gasteiger partial charge is 0.445 e. The first-order valence-corrected chi connectivity index (χ1v) is 16.2. The van der Waals surface area contributed by atoms with Gasteiger partial charge in [0.2, 0.25) is 23.6 Å². The number of hydrogen-bond acceptors (Lipinski definition) is 7. The highest BCUT2D eigenvalue weighted by molar-refractivity contribution is 5.94. The van der Waals surface area contributed by atoms with Crippen LogP contribution in [0.15, 0.2) is 91.0 Å². The van der Waals surface area contributed by atoms with E-state index in [1.54, 1.807) is 0 Å². The second-order valence-corrected chi connectivity index (χ2v) is 12.2. The molecule has 4 atom stereocenters. The molecule has 252 valence electrons. The highest BCUT2D eigenvalue weighted by Gasteiger charge is 2.45. The highest BCUT2D eigenvalue weighted by Crippen LogP contribution is 2.30. The first-order chi connectivity index (χ1) is 23.2. The van der Waals surface area contributed by atoms with Crippen LogP contribution in [-0.2, 0) is 30.5 Å². The molecule has 6 N–H and O–H groups in total. The van der Waals surface area contributed by atoms with Gasteiger partial charge in [0.05, 0.1) is 6.04 Å². The van der Waals surface area contributed by atoms with Gasteiger partial charge in [-0.2, -0.15) is 0 Å². The Bertz CT molecular complexity index is 1530. The summed E-state index contributed by atoms with van der Waals surface area (Å²) in [5.74, 6) is -2.07. The van der Waals surface area contributed by atoms with Crippen LogP contribution in [0.2, 0.25) is 0 Å². The zero-order valence-electron chi connectivity index (χ0n) is 26.7. The van der Waals surface area contributed by atoms with Crippen molar-refractivity contribution in [1.82, 2.24) is 20.4 Å². The molecule has 0 saturated carbocycles. The summed E-state index contributed by atoms with van der Waals surface area (Å²) in [7, 11) is 0. The molecule has 3 aromatic rings. The predicted octanol–water partition coefficient (Wildman–Crippen LogP) is 2.37. The van der Waals surface area contributed by atoms with E-state index in [1.165, 1.54) is 9.80 Å². The predicted molar refractivity (Wildman–Crippen MR) is 178 cm³/mol. The first-order valence-electron chi connectivity index (χ1n) is 16.2. The van der Waals surface area contributed by atoms with Crippen LogP contribution >= 0.6 is 0 Å². The maximum absolute atomic E-state index is 13.8. The van der Waals surface area contributed by atoms with Crippen molar-refractivity contribution in [3.05, 3.63) is 108 Å². The van der Waals surface area contributed by atoms with Gasteiger partial charge in [0, 0.05) is 25.6 Å². The lowest BCUT2D eigenvalue weighted by Gasteiger charge is -2.37. The minimum Gasteiger partial charge on any atom is -0.445 e. The van der Waals surface area contributed by atoms with Gasteiger partial charge in [0.1, 0.15) is 24.7 Å². The Labute approximate surface area is 279 Å². The number of nitrogens with two attached hydrogens (primary N) is 2. The van der Waals surface area contributed by atoms with Crippen LogP contribution in [0.1, 0.15) is 54.8 Å². The van der Waals surface area contributed by atoms with Crippen molar-refractivity contribution in [2.24, 2.45) is 11.5 Å². The SMILES string of the molecule is NC(=O)CC[C@H](NC(=O)[C@@H]1CC[C@@H]2CCN(C(=O)OCc3ccccc3)C[C@H](N)C(=O)N21)C(=O)NC(c1ccccc1)c1ccccc1. The zero-order valence-corrected chi connectivity index (χ0v) is 26.7. The van der Waals surface area contributed by atoms with E-state index in [1.807, 2.05) is 91.0 Å². The van der Waals surface area contributed by atoms with Crippen LogP contribution in [0, 0.1) is 0 Å². The van der Waals surface area contributed by atoms with Crippen LogP contribution in [0.4, 0.5) is 4.79 Å². The smallest absolute Gasteiger partial charge is 0.410 e. The average Bonchev–Trinajstić information content (AvgIpc) is 3.53. The third kappa shape index (κ3) is 8.56. The van der Waals surface area contributed by atoms with E-state index < -0.39 is 53.9 Å². The van der Waals surface area contributed by atoms with Gasteiger partial charge >= 0.3 is 6.09 Å². The Balaban J connectivity index is 1.26. The van der Waals surface area contributed by atoms with Gasteiger partial charge < -0.3 is 36.6 Å². The van der Waals surface area contributed by atoms with Crippen molar-refractivity contribution in [2.45, 2.75) is 68.9 Å². The number of hydrogen-bond donors (Lipinski definition) is 4. The van der Waals surface area contributed by atoms with Crippen molar-refractivity contribution < 1.29 is 28.7 Å². The Hall–Kier alpha value is -5.23. The van der Waals surface area contributed by atoms with Gasteiger partial charge in [-0.1, -0.05) is 91.0 Å². The van der Waals surface area contributed by atoms with E-state index in [9.17, 15) is 24.0 Å². The van der Waals surface area contributed by atoms with Gasteiger partial charge in [-0.15, -0.1) is 0 Å². The number of benzene rings is 3. The molecule has 5 amide bonds. The van der Waals surface area contributed by atoms with Crippen LogP contribution in [-0.4, -0.2) is 76.8 Å². The molecule has 2 aliphatic heterocycles. The summed E-state index contributed by atoms with van der Waals surface area (Å²) >= 11 is 0. The fourth-order valence-corrected chi connectivity index (χ4v) is 6.35. The summed E-state index contributed by atoms with van der Waals surface area (Å²) in [6.45, 7) is 0.335. The molecule has 0 aromatic heterocycles. The summed E-state index contributed by atoms with van der Waals surface area (Å²) in [6, 6.07) is 24.3. The number of nitrogens with one attached hydrogen (secondary N) is 2. The van der Waals surface area contributed by atoms with Gasteiger partial charge in [-0.05, 0) is 42.4 Å². The number of primary amides is 1. The van der Waals surface area contributed by atoms with E-state index in [0.29, 0.717) is 25.8 Å². The molecule has 0 spiro atoms. The fraction of sp³-hybridized carbons (Fsp3) is 0.361. The number of rotatable bonds is 11. The molecular formula is C36H42N6O6. The van der Waals surface area contributed by atoms with Crippen molar-refractivity contribution in [3.8, 4) is 0 Å². The Morgan fingerprint density at radius 2 is 1.44 bits per heavy atom. The Kier molecular flexibility index (Phi) is 11.4. The lowest BCUT2D eigenvalue weighted by molar-refractivity contribution is -0.143. The van der Waals surface area contributed by atoms with Gasteiger partial charge in [0.25, 0.3) is 0 Å². The second kappa shape index (κ2) is 16.1. The normalized spacial score (nSPS) is 19.9. The van der Waals surface area contributed by atoms with Gasteiger partial charge in [-0.25, -0.2) is 4.79 Å². The van der Waals surface area contributed by atoms with Crippen molar-refractivity contribution in [1.29, 1.82) is 0 Å². The Morgan fingerprint density at radius 3 is 2.04 bits per heavy atom. The lowest BCUT2D eigenvalue weighted by atomic mass is 9.98. The summed E-state index contributed by atoms with van der Waals surface area (Å²) in [6.07, 6.45) is 0.601. The molecule has 2 aliphatic rings. The molecule has 3 aromatic carbocycles. The molecule has 2 heterocycles. The first kappa shape index (κ1) is 34.1. The summed E-state index contributed by atoms with van der Waals surface area (Å²) < 4.78 is 5.48. The Morgan fingerprint density at radius 1 is 0.833 bits per heavy atom. The maximum Gasteiger partial charge on any atom is 0.410 e. The molecule has 12 heteroatoms. The average molecular weight is 655 g/mol. The molecule has 48 heavy (non-hydrogen) atoms. The molecule has 0 aliphatic carbocycles. The second-order valence-electron chi connectivity index (χ2n) is 12.2. The van der Waals surface area contributed by atoms with Crippen molar-refractivity contribution in [3.63, 3.8) is 0 Å². The summed E-state index contributed by atoms with van der Waals surface area (Å²) in [5.41, 5.74) is 14.3. The molecular weight excluding hydrogens is 612 g/mol.